The lowest BCUT2D eigenvalue weighted by Crippen LogP contribution is -2.13. The first-order valence-corrected chi connectivity index (χ1v) is 8.13. The van der Waals surface area contributed by atoms with Crippen molar-refractivity contribution in [1.82, 2.24) is 0 Å². The van der Waals surface area contributed by atoms with E-state index in [1.807, 2.05) is 0 Å². The van der Waals surface area contributed by atoms with Crippen LogP contribution in [0.2, 0.25) is 0 Å². The minimum Gasteiger partial charge on any atom is -0.462 e. The molecule has 0 spiro atoms. The topological polar surface area (TPSA) is 60.4 Å². The summed E-state index contributed by atoms with van der Waals surface area (Å²) in [6, 6.07) is 0. The summed E-state index contributed by atoms with van der Waals surface area (Å²) in [7, 11) is -1.25. The van der Waals surface area contributed by atoms with Crippen molar-refractivity contribution >= 4 is 33.9 Å². The molecule has 0 aromatic carbocycles. The highest BCUT2D eigenvalue weighted by molar-refractivity contribution is 7.86. The zero-order valence-corrected chi connectivity index (χ0v) is 11.9. The van der Waals surface area contributed by atoms with E-state index >= 15 is 0 Å². The number of ketones is 1. The molecule has 0 bridgehead atoms. The molecular formula is C12H14O4S2. The number of carbonyl (C=O) groups is 2. The minimum atomic E-state index is -1.25. The SMILES string of the molecule is CCOC(=O)c1sc([S@](C)=O)c2c1CCCC2=O. The van der Waals surface area contributed by atoms with Gasteiger partial charge in [0.1, 0.15) is 9.09 Å². The first-order valence-electron chi connectivity index (χ1n) is 5.75. The quantitative estimate of drug-likeness (QED) is 0.799. The van der Waals surface area contributed by atoms with Crippen molar-refractivity contribution in [3.63, 3.8) is 0 Å². The highest BCUT2D eigenvalue weighted by Gasteiger charge is 2.31. The molecule has 0 N–H and O–H groups in total. The van der Waals surface area contributed by atoms with Gasteiger partial charge in [-0.25, -0.2) is 4.79 Å². The van der Waals surface area contributed by atoms with Gasteiger partial charge in [0, 0.05) is 18.2 Å². The number of carbonyl (C=O) groups excluding carboxylic acids is 2. The van der Waals surface area contributed by atoms with Crippen molar-refractivity contribution < 1.29 is 18.5 Å². The Morgan fingerprint density at radius 1 is 1.44 bits per heavy atom. The van der Waals surface area contributed by atoms with Crippen LogP contribution >= 0.6 is 11.3 Å². The number of fused-ring (bicyclic) bond motifs is 1. The van der Waals surface area contributed by atoms with E-state index in [0.717, 1.165) is 23.3 Å². The molecule has 0 unspecified atom stereocenters. The van der Waals surface area contributed by atoms with Crippen molar-refractivity contribution in [3.05, 3.63) is 16.0 Å². The Morgan fingerprint density at radius 3 is 2.78 bits per heavy atom. The van der Waals surface area contributed by atoms with Gasteiger partial charge in [-0.2, -0.15) is 0 Å². The summed E-state index contributed by atoms with van der Waals surface area (Å²) in [5.74, 6) is -0.418. The number of rotatable bonds is 3. The Balaban J connectivity index is 2.56. The number of Topliss-reactive ketones (excluding diaryl/α,β-unsaturated/α-hetero) is 1. The fraction of sp³-hybridized carbons (Fsp3) is 0.500. The maximum Gasteiger partial charge on any atom is 0.348 e. The van der Waals surface area contributed by atoms with Crippen molar-refractivity contribution in [1.29, 1.82) is 0 Å². The van der Waals surface area contributed by atoms with Gasteiger partial charge < -0.3 is 4.74 Å². The summed E-state index contributed by atoms with van der Waals surface area (Å²) in [6.45, 7) is 2.03. The van der Waals surface area contributed by atoms with Crippen molar-refractivity contribution in [2.45, 2.75) is 30.4 Å². The predicted octanol–water partition coefficient (Wildman–Crippen LogP) is 2.18. The molecule has 1 heterocycles. The molecule has 1 atom stereocenters. The number of thiophene rings is 1. The van der Waals surface area contributed by atoms with Gasteiger partial charge in [0.25, 0.3) is 0 Å². The fourth-order valence-electron chi connectivity index (χ4n) is 2.08. The fourth-order valence-corrected chi connectivity index (χ4v) is 4.32. The summed E-state index contributed by atoms with van der Waals surface area (Å²) >= 11 is 1.14. The molecule has 0 saturated carbocycles. The first-order chi connectivity index (χ1) is 8.56. The smallest absolute Gasteiger partial charge is 0.348 e. The molecule has 0 radical (unpaired) electrons. The van der Waals surface area contributed by atoms with Crippen LogP contribution < -0.4 is 0 Å². The Labute approximate surface area is 112 Å². The maximum atomic E-state index is 11.9. The maximum absolute atomic E-state index is 11.9. The molecule has 1 aliphatic carbocycles. The van der Waals surface area contributed by atoms with Gasteiger partial charge in [-0.15, -0.1) is 11.3 Å². The molecule has 0 fully saturated rings. The summed E-state index contributed by atoms with van der Waals surface area (Å²) in [5, 5.41) is 0. The average Bonchev–Trinajstić information content (AvgIpc) is 2.70. The monoisotopic (exact) mass is 286 g/mol. The molecule has 0 saturated heterocycles. The molecule has 4 nitrogen and oxygen atoms in total. The normalized spacial score (nSPS) is 16.2. The largest absolute Gasteiger partial charge is 0.462 e. The molecule has 0 amide bonds. The van der Waals surface area contributed by atoms with Crippen LogP contribution in [-0.2, 0) is 22.0 Å². The highest BCUT2D eigenvalue weighted by atomic mass is 32.2. The highest BCUT2D eigenvalue weighted by Crippen LogP contribution is 2.36. The van der Waals surface area contributed by atoms with Crippen molar-refractivity contribution in [3.8, 4) is 0 Å². The van der Waals surface area contributed by atoms with Gasteiger partial charge in [-0.3, -0.25) is 9.00 Å². The summed E-state index contributed by atoms with van der Waals surface area (Å²) in [5.41, 5.74) is 1.25. The second-order valence-electron chi connectivity index (χ2n) is 4.02. The van der Waals surface area contributed by atoms with Crippen LogP contribution in [0.5, 0.6) is 0 Å². The Kier molecular flexibility index (Phi) is 3.97. The third kappa shape index (κ3) is 2.27. The number of esters is 1. The molecule has 1 aromatic rings. The standard InChI is InChI=1S/C12H14O4S2/c1-3-16-11(14)10-7-5-4-6-8(13)9(7)12(17-10)18(2)15/h3-6H2,1-2H3/t18-/m0/s1. The van der Waals surface area contributed by atoms with E-state index in [1.54, 1.807) is 6.92 Å². The predicted molar refractivity (Wildman–Crippen MR) is 69.9 cm³/mol. The number of hydrogen-bond acceptors (Lipinski definition) is 5. The van der Waals surface area contributed by atoms with Crippen LogP contribution in [0.1, 0.15) is 45.4 Å². The van der Waals surface area contributed by atoms with E-state index in [0.29, 0.717) is 34.1 Å². The Morgan fingerprint density at radius 2 is 2.17 bits per heavy atom. The molecule has 98 valence electrons. The van der Waals surface area contributed by atoms with Gasteiger partial charge in [0.2, 0.25) is 0 Å². The lowest BCUT2D eigenvalue weighted by molar-refractivity contribution is 0.0531. The van der Waals surface area contributed by atoms with Crippen LogP contribution in [0.15, 0.2) is 4.21 Å². The van der Waals surface area contributed by atoms with E-state index in [1.165, 1.54) is 6.26 Å². The lowest BCUT2D eigenvalue weighted by Gasteiger charge is -2.12. The third-order valence-electron chi connectivity index (χ3n) is 2.81. The minimum absolute atomic E-state index is 0.00625. The lowest BCUT2D eigenvalue weighted by atomic mass is 9.93. The van der Waals surface area contributed by atoms with E-state index < -0.39 is 16.8 Å². The zero-order valence-electron chi connectivity index (χ0n) is 10.3. The van der Waals surface area contributed by atoms with Crippen LogP contribution in [0.4, 0.5) is 0 Å². The van der Waals surface area contributed by atoms with E-state index in [-0.39, 0.29) is 5.78 Å². The molecule has 18 heavy (non-hydrogen) atoms. The van der Waals surface area contributed by atoms with E-state index in [4.69, 9.17) is 4.74 Å². The second kappa shape index (κ2) is 5.32. The van der Waals surface area contributed by atoms with Gasteiger partial charge >= 0.3 is 5.97 Å². The molecular weight excluding hydrogens is 272 g/mol. The molecule has 0 aliphatic heterocycles. The van der Waals surface area contributed by atoms with E-state index in [9.17, 15) is 13.8 Å². The van der Waals surface area contributed by atoms with Gasteiger partial charge in [-0.1, -0.05) is 0 Å². The number of ether oxygens (including phenoxy) is 1. The summed E-state index contributed by atoms with van der Waals surface area (Å²) in [6.07, 6.45) is 3.42. The number of hydrogen-bond donors (Lipinski definition) is 0. The molecule has 2 rings (SSSR count). The summed E-state index contributed by atoms with van der Waals surface area (Å²) in [4.78, 5) is 24.2. The van der Waals surface area contributed by atoms with Crippen molar-refractivity contribution in [2.75, 3.05) is 12.9 Å². The molecule has 6 heteroatoms. The van der Waals surface area contributed by atoms with Crippen molar-refractivity contribution in [2.24, 2.45) is 0 Å². The van der Waals surface area contributed by atoms with Crippen LogP contribution in [0, 0.1) is 0 Å². The van der Waals surface area contributed by atoms with Crippen LogP contribution in [0.3, 0.4) is 0 Å². The van der Waals surface area contributed by atoms with Crippen LogP contribution in [0.25, 0.3) is 0 Å². The Bertz CT molecular complexity index is 530. The van der Waals surface area contributed by atoms with E-state index in [2.05, 4.69) is 0 Å². The first kappa shape index (κ1) is 13.4. The van der Waals surface area contributed by atoms with Gasteiger partial charge in [-0.05, 0) is 25.3 Å². The molecule has 1 aliphatic rings. The van der Waals surface area contributed by atoms with Gasteiger partial charge in [0.05, 0.1) is 17.4 Å². The van der Waals surface area contributed by atoms with Gasteiger partial charge in [0.15, 0.2) is 5.78 Å². The average molecular weight is 286 g/mol. The van der Waals surface area contributed by atoms with Crippen LogP contribution in [-0.4, -0.2) is 28.8 Å². The Hall–Kier alpha value is -1.01. The second-order valence-corrected chi connectivity index (χ2v) is 6.62. The third-order valence-corrected chi connectivity index (χ3v) is 5.49. The zero-order chi connectivity index (χ0) is 13.3. The summed E-state index contributed by atoms with van der Waals surface area (Å²) < 4.78 is 17.2. The molecule has 1 aromatic heterocycles.